The number of halogens is 2. The Balaban J connectivity index is 2.11. The summed E-state index contributed by atoms with van der Waals surface area (Å²) >= 11 is 9.62. The highest BCUT2D eigenvalue weighted by Gasteiger charge is 2.12. The molecule has 0 aliphatic rings. The van der Waals surface area contributed by atoms with Gasteiger partial charge in [-0.25, -0.2) is 0 Å². The third-order valence-electron chi connectivity index (χ3n) is 3.03. The van der Waals surface area contributed by atoms with E-state index in [0.29, 0.717) is 10.9 Å². The van der Waals surface area contributed by atoms with E-state index in [9.17, 15) is 0 Å². The smallest absolute Gasteiger partial charge is 0.255 e. The van der Waals surface area contributed by atoms with Crippen LogP contribution in [-0.4, -0.2) is 19.6 Å². The third kappa shape index (κ3) is 2.25. The van der Waals surface area contributed by atoms with Gasteiger partial charge in [-0.3, -0.25) is 0 Å². The van der Waals surface area contributed by atoms with Gasteiger partial charge in [-0.05, 0) is 37.6 Å². The maximum atomic E-state index is 6.13. The Morgan fingerprint density at radius 3 is 2.85 bits per heavy atom. The zero-order valence-electron chi connectivity index (χ0n) is 10.9. The van der Waals surface area contributed by atoms with Crippen molar-refractivity contribution in [3.8, 4) is 0 Å². The largest absolute Gasteiger partial charge is 0.340 e. The fourth-order valence-corrected chi connectivity index (χ4v) is 2.32. The molecule has 20 heavy (non-hydrogen) atoms. The fraction of sp³-hybridized carbons (Fsp3) is 0.154. The summed E-state index contributed by atoms with van der Waals surface area (Å²) < 4.78 is 2.71. The van der Waals surface area contributed by atoms with Gasteiger partial charge in [-0.1, -0.05) is 27.5 Å². The van der Waals surface area contributed by atoms with E-state index < -0.39 is 0 Å². The first-order valence-corrected chi connectivity index (χ1v) is 7.12. The first-order chi connectivity index (χ1) is 9.56. The minimum atomic E-state index is 0.418. The molecule has 1 aromatic carbocycles. The van der Waals surface area contributed by atoms with Crippen LogP contribution in [0.25, 0.3) is 5.78 Å². The second-order valence-electron chi connectivity index (χ2n) is 4.44. The summed E-state index contributed by atoms with van der Waals surface area (Å²) in [4.78, 5) is 8.24. The van der Waals surface area contributed by atoms with Crippen LogP contribution in [0, 0.1) is 13.8 Å². The van der Waals surface area contributed by atoms with Crippen molar-refractivity contribution in [3.05, 3.63) is 45.3 Å². The van der Waals surface area contributed by atoms with E-state index in [4.69, 9.17) is 11.6 Å². The molecule has 0 aliphatic carbocycles. The van der Waals surface area contributed by atoms with E-state index in [0.717, 1.165) is 27.1 Å². The molecule has 0 aliphatic heterocycles. The van der Waals surface area contributed by atoms with Crippen LogP contribution >= 0.6 is 27.5 Å². The fourth-order valence-electron chi connectivity index (χ4n) is 1.90. The summed E-state index contributed by atoms with van der Waals surface area (Å²) in [6.45, 7) is 3.93. The van der Waals surface area contributed by atoms with Gasteiger partial charge in [0.2, 0.25) is 0 Å². The van der Waals surface area contributed by atoms with Gasteiger partial charge in [0.25, 0.3) is 5.78 Å². The SMILES string of the molecule is Cc1cc(Nc2c(C)c(Cl)nc3ncnn23)ccc1Br. The highest BCUT2D eigenvalue weighted by molar-refractivity contribution is 9.10. The number of aryl methyl sites for hydroxylation is 1. The topological polar surface area (TPSA) is 55.1 Å². The predicted octanol–water partition coefficient (Wildman–Crippen LogP) is 3.90. The maximum Gasteiger partial charge on any atom is 0.255 e. The molecule has 0 bridgehead atoms. The highest BCUT2D eigenvalue weighted by Crippen LogP contribution is 2.27. The molecule has 0 saturated heterocycles. The monoisotopic (exact) mass is 351 g/mol. The summed E-state index contributed by atoms with van der Waals surface area (Å²) in [5.74, 6) is 1.23. The highest BCUT2D eigenvalue weighted by atomic mass is 79.9. The minimum Gasteiger partial charge on any atom is -0.340 e. The summed E-state index contributed by atoms with van der Waals surface area (Å²) in [7, 11) is 0. The number of fused-ring (bicyclic) bond motifs is 1. The minimum absolute atomic E-state index is 0.418. The van der Waals surface area contributed by atoms with Gasteiger partial charge >= 0.3 is 0 Å². The number of hydrogen-bond acceptors (Lipinski definition) is 4. The molecular formula is C13H11BrClN5. The lowest BCUT2D eigenvalue weighted by molar-refractivity contribution is 0.936. The lowest BCUT2D eigenvalue weighted by atomic mass is 10.2. The Morgan fingerprint density at radius 2 is 2.10 bits per heavy atom. The number of benzene rings is 1. The van der Waals surface area contributed by atoms with Crippen LogP contribution in [0.3, 0.4) is 0 Å². The van der Waals surface area contributed by atoms with Crippen molar-refractivity contribution < 1.29 is 0 Å². The van der Waals surface area contributed by atoms with Gasteiger partial charge in [0.05, 0.1) is 0 Å². The molecule has 0 radical (unpaired) electrons. The van der Waals surface area contributed by atoms with Crippen molar-refractivity contribution in [2.45, 2.75) is 13.8 Å². The molecule has 0 saturated carbocycles. The van der Waals surface area contributed by atoms with E-state index >= 15 is 0 Å². The number of nitrogens with zero attached hydrogens (tertiary/aromatic N) is 4. The Morgan fingerprint density at radius 1 is 1.30 bits per heavy atom. The van der Waals surface area contributed by atoms with Gasteiger partial charge in [0.15, 0.2) is 0 Å². The average Bonchev–Trinajstić information content (AvgIpc) is 2.87. The molecule has 3 rings (SSSR count). The molecule has 0 atom stereocenters. The molecule has 1 N–H and O–H groups in total. The molecule has 102 valence electrons. The molecule has 7 heteroatoms. The molecule has 3 aromatic rings. The molecule has 0 unspecified atom stereocenters. The van der Waals surface area contributed by atoms with Crippen molar-refractivity contribution in [2.75, 3.05) is 5.32 Å². The van der Waals surface area contributed by atoms with Crippen LogP contribution < -0.4 is 5.32 Å². The summed E-state index contributed by atoms with van der Waals surface area (Å²) in [6.07, 6.45) is 1.45. The van der Waals surface area contributed by atoms with Gasteiger partial charge in [-0.2, -0.15) is 19.6 Å². The Bertz CT molecular complexity index is 799. The van der Waals surface area contributed by atoms with Crippen LogP contribution in [0.4, 0.5) is 11.5 Å². The lowest BCUT2D eigenvalue weighted by Crippen LogP contribution is -2.05. The van der Waals surface area contributed by atoms with E-state index in [-0.39, 0.29) is 0 Å². The number of aromatic nitrogens is 4. The number of nitrogens with one attached hydrogen (secondary N) is 1. The predicted molar refractivity (Wildman–Crippen MR) is 82.7 cm³/mol. The number of hydrogen-bond donors (Lipinski definition) is 1. The summed E-state index contributed by atoms with van der Waals surface area (Å²) in [5.41, 5.74) is 2.92. The quantitative estimate of drug-likeness (QED) is 0.711. The molecule has 0 amide bonds. The normalized spacial score (nSPS) is 11.0. The van der Waals surface area contributed by atoms with Crippen molar-refractivity contribution in [1.29, 1.82) is 0 Å². The van der Waals surface area contributed by atoms with E-state index in [1.807, 2.05) is 32.0 Å². The zero-order chi connectivity index (χ0) is 14.3. The average molecular weight is 353 g/mol. The maximum absolute atomic E-state index is 6.13. The van der Waals surface area contributed by atoms with Gasteiger partial charge in [0.1, 0.15) is 17.3 Å². The Hall–Kier alpha value is -1.66. The molecule has 2 heterocycles. The standard InChI is InChI=1S/C13H11BrClN5/c1-7-5-9(3-4-10(7)14)18-12-8(2)11(15)19-13-16-6-17-20(12)13/h3-6,18H,1-2H3. The molecule has 0 spiro atoms. The number of rotatable bonds is 2. The first-order valence-electron chi connectivity index (χ1n) is 5.95. The Labute approximate surface area is 129 Å². The van der Waals surface area contributed by atoms with Crippen LogP contribution in [-0.2, 0) is 0 Å². The van der Waals surface area contributed by atoms with Crippen LogP contribution in [0.2, 0.25) is 5.15 Å². The first kappa shape index (κ1) is 13.3. The van der Waals surface area contributed by atoms with Crippen molar-refractivity contribution in [1.82, 2.24) is 19.6 Å². The molecule has 2 aromatic heterocycles. The summed E-state index contributed by atoms with van der Waals surface area (Å²) in [5, 5.41) is 7.91. The zero-order valence-corrected chi connectivity index (χ0v) is 13.2. The molecular weight excluding hydrogens is 342 g/mol. The van der Waals surface area contributed by atoms with E-state index in [2.05, 4.69) is 36.3 Å². The van der Waals surface area contributed by atoms with Gasteiger partial charge in [-0.15, -0.1) is 0 Å². The van der Waals surface area contributed by atoms with Gasteiger partial charge in [0, 0.05) is 15.7 Å². The van der Waals surface area contributed by atoms with Crippen LogP contribution in [0.5, 0.6) is 0 Å². The summed E-state index contributed by atoms with van der Waals surface area (Å²) in [6, 6.07) is 6.02. The van der Waals surface area contributed by atoms with Crippen LogP contribution in [0.1, 0.15) is 11.1 Å². The third-order valence-corrected chi connectivity index (χ3v) is 4.28. The Kier molecular flexibility index (Phi) is 3.35. The molecule has 5 nitrogen and oxygen atoms in total. The van der Waals surface area contributed by atoms with E-state index in [1.54, 1.807) is 4.52 Å². The number of anilines is 2. The van der Waals surface area contributed by atoms with Crippen molar-refractivity contribution in [3.63, 3.8) is 0 Å². The van der Waals surface area contributed by atoms with E-state index in [1.165, 1.54) is 6.33 Å². The second-order valence-corrected chi connectivity index (χ2v) is 5.65. The second kappa shape index (κ2) is 5.03. The van der Waals surface area contributed by atoms with Crippen molar-refractivity contribution in [2.24, 2.45) is 0 Å². The van der Waals surface area contributed by atoms with Crippen LogP contribution in [0.15, 0.2) is 29.0 Å². The molecule has 0 fully saturated rings. The van der Waals surface area contributed by atoms with Gasteiger partial charge < -0.3 is 5.32 Å². The lowest BCUT2D eigenvalue weighted by Gasteiger charge is -2.12. The van der Waals surface area contributed by atoms with Crippen molar-refractivity contribution >= 4 is 44.8 Å².